The molecule has 14 N–H and O–H groups in total. The van der Waals surface area contributed by atoms with Crippen molar-refractivity contribution < 1.29 is 29.4 Å². The van der Waals surface area contributed by atoms with Crippen LogP contribution in [0, 0.1) is 0 Å². The van der Waals surface area contributed by atoms with Crippen LogP contribution in [0.3, 0.4) is 0 Å². The fourth-order valence-electron chi connectivity index (χ4n) is 3.80. The number of hydrazine groups is 1. The van der Waals surface area contributed by atoms with Gasteiger partial charge in [0.05, 0.1) is 24.6 Å². The van der Waals surface area contributed by atoms with E-state index in [0.29, 0.717) is 6.42 Å². The molecule has 246 valence electrons. The van der Waals surface area contributed by atoms with E-state index in [1.165, 1.54) is 13.8 Å². The molecule has 16 heteroatoms. The molecule has 0 aliphatic carbocycles. The number of nitrogens with two attached hydrogens (primary N) is 3. The normalized spacial score (nSPS) is 13.3. The van der Waals surface area contributed by atoms with E-state index in [1.807, 2.05) is 48.5 Å². The molecule has 0 unspecified atom stereocenters. The van der Waals surface area contributed by atoms with Crippen molar-refractivity contribution in [3.63, 3.8) is 0 Å². The lowest BCUT2D eigenvalue weighted by atomic mass is 10.1. The summed E-state index contributed by atoms with van der Waals surface area (Å²) in [6.07, 6.45) is 0.478. The third kappa shape index (κ3) is 13.1. The fraction of sp³-hybridized carbons (Fsp3) is 0.414. The van der Waals surface area contributed by atoms with Gasteiger partial charge in [-0.2, -0.15) is 0 Å². The number of hydrogen-bond acceptors (Lipinski definition) is 10. The molecule has 2 rings (SSSR count). The van der Waals surface area contributed by atoms with Crippen LogP contribution in [-0.4, -0.2) is 77.1 Å². The van der Waals surface area contributed by atoms with Crippen LogP contribution in [0.2, 0.25) is 0 Å². The maximum absolute atomic E-state index is 13.1. The summed E-state index contributed by atoms with van der Waals surface area (Å²) in [5.74, 6) is -2.57. The van der Waals surface area contributed by atoms with Crippen molar-refractivity contribution in [2.24, 2.45) is 22.2 Å². The Kier molecular flexibility index (Phi) is 15.0. The molecule has 0 aliphatic heterocycles. The second-order valence-electron chi connectivity index (χ2n) is 10.3. The van der Waals surface area contributed by atoms with Gasteiger partial charge in [-0.15, -0.1) is 0 Å². The number of nitrogens with one attached hydrogen (secondary N) is 6. The van der Waals surface area contributed by atoms with Crippen LogP contribution in [0.1, 0.15) is 37.8 Å². The van der Waals surface area contributed by atoms with Gasteiger partial charge in [-0.1, -0.05) is 24.3 Å². The predicted octanol–water partition coefficient (Wildman–Crippen LogP) is -1.90. The summed E-state index contributed by atoms with van der Waals surface area (Å²) in [5.41, 5.74) is 25.5. The number of hydrogen-bond donors (Lipinski definition) is 11. The van der Waals surface area contributed by atoms with Gasteiger partial charge >= 0.3 is 0 Å². The van der Waals surface area contributed by atoms with E-state index in [-0.39, 0.29) is 32.1 Å². The van der Waals surface area contributed by atoms with Gasteiger partial charge < -0.3 is 59.5 Å². The zero-order chi connectivity index (χ0) is 33.4. The second kappa shape index (κ2) is 18.7. The van der Waals surface area contributed by atoms with Gasteiger partial charge in [-0.05, 0) is 62.1 Å². The van der Waals surface area contributed by atoms with Crippen molar-refractivity contribution in [2.45, 2.75) is 64.0 Å². The summed E-state index contributed by atoms with van der Waals surface area (Å²) in [5, 5.41) is 28.5. The lowest BCUT2D eigenvalue weighted by Crippen LogP contribution is -2.56. The molecule has 2 aromatic carbocycles. The standard InChI is InChI=1S/C29H44N10O6/c1-17(25(42)34-14-19-5-9-21(10-6-19)38-39-22-11-7-20(15-40)8-12-22)36-28(45)24(4-3-13-33-29(31)32)37-26(43)18(2)35-27(44)23(30)16-41/h5-12,17-18,23-24,38-41H,3-4,13-16,30H2,1-2H3,(H,34,42)(H,35,44)(H,36,45)(H,37,43)(H4,31,32,33)/t17-,18-,23-,24-/m0/s1. The molecule has 0 aromatic heterocycles. The highest BCUT2D eigenvalue weighted by molar-refractivity contribution is 5.94. The van der Waals surface area contributed by atoms with E-state index in [0.717, 1.165) is 22.5 Å². The molecule has 45 heavy (non-hydrogen) atoms. The summed E-state index contributed by atoms with van der Waals surface area (Å²) in [6, 6.07) is 10.4. The third-order valence-corrected chi connectivity index (χ3v) is 6.52. The Balaban J connectivity index is 1.90. The van der Waals surface area contributed by atoms with Gasteiger partial charge in [0, 0.05) is 13.1 Å². The minimum atomic E-state index is -1.20. The van der Waals surface area contributed by atoms with Gasteiger partial charge in [0.25, 0.3) is 0 Å². The summed E-state index contributed by atoms with van der Waals surface area (Å²) in [4.78, 5) is 54.3. The van der Waals surface area contributed by atoms with E-state index in [4.69, 9.17) is 27.4 Å². The second-order valence-corrected chi connectivity index (χ2v) is 10.3. The number of aliphatic imine (C=N–C) groups is 1. The predicted molar refractivity (Wildman–Crippen MR) is 170 cm³/mol. The number of carbonyl (C=O) groups is 4. The zero-order valence-electron chi connectivity index (χ0n) is 25.4. The van der Waals surface area contributed by atoms with Crippen LogP contribution in [-0.2, 0) is 32.3 Å². The Labute approximate surface area is 261 Å². The summed E-state index contributed by atoms with van der Waals surface area (Å²) in [6.45, 7) is 2.70. The van der Waals surface area contributed by atoms with Crippen LogP contribution in [0.15, 0.2) is 53.5 Å². The molecule has 0 bridgehead atoms. The minimum absolute atomic E-state index is 0.0255. The molecule has 2 aromatic rings. The molecule has 4 amide bonds. The molecular weight excluding hydrogens is 584 g/mol. The number of guanidine groups is 1. The lowest BCUT2D eigenvalue weighted by Gasteiger charge is -2.23. The van der Waals surface area contributed by atoms with Crippen LogP contribution in [0.25, 0.3) is 0 Å². The molecule has 0 radical (unpaired) electrons. The first-order valence-electron chi connectivity index (χ1n) is 14.3. The SMILES string of the molecule is C[C@H](NC(=O)[C@H](CCCN=C(N)N)NC(=O)[C@H](C)NC(=O)[C@@H](N)CO)C(=O)NCc1ccc(NNc2ccc(CO)cc2)cc1. The van der Waals surface area contributed by atoms with Gasteiger partial charge in [-0.25, -0.2) is 0 Å². The van der Waals surface area contributed by atoms with Crippen molar-refractivity contribution in [1.29, 1.82) is 0 Å². The van der Waals surface area contributed by atoms with Crippen LogP contribution < -0.4 is 49.3 Å². The number of benzene rings is 2. The first-order chi connectivity index (χ1) is 21.4. The van der Waals surface area contributed by atoms with Crippen LogP contribution >= 0.6 is 0 Å². The molecule has 0 aliphatic rings. The smallest absolute Gasteiger partial charge is 0.243 e. The first kappa shape index (κ1) is 36.3. The van der Waals surface area contributed by atoms with Crippen LogP contribution in [0.5, 0.6) is 0 Å². The van der Waals surface area contributed by atoms with E-state index in [1.54, 1.807) is 0 Å². The number of aliphatic hydroxyl groups excluding tert-OH is 2. The van der Waals surface area contributed by atoms with Gasteiger partial charge in [-0.3, -0.25) is 24.2 Å². The number of carbonyl (C=O) groups excluding carboxylic acids is 4. The van der Waals surface area contributed by atoms with Crippen molar-refractivity contribution in [2.75, 3.05) is 24.0 Å². The van der Waals surface area contributed by atoms with E-state index >= 15 is 0 Å². The molecule has 0 saturated carbocycles. The molecular formula is C29H44N10O6. The Bertz CT molecular complexity index is 1290. The van der Waals surface area contributed by atoms with Gasteiger partial charge in [0.1, 0.15) is 24.2 Å². The Morgan fingerprint density at radius 3 is 1.82 bits per heavy atom. The molecule has 0 spiro atoms. The molecule has 0 fully saturated rings. The molecule has 16 nitrogen and oxygen atoms in total. The lowest BCUT2D eigenvalue weighted by molar-refractivity contribution is -0.133. The molecule has 0 heterocycles. The van der Waals surface area contributed by atoms with Crippen molar-refractivity contribution >= 4 is 41.0 Å². The maximum Gasteiger partial charge on any atom is 0.243 e. The summed E-state index contributed by atoms with van der Waals surface area (Å²) < 4.78 is 0. The molecule has 0 saturated heterocycles. The Morgan fingerprint density at radius 2 is 1.29 bits per heavy atom. The monoisotopic (exact) mass is 628 g/mol. The number of nitrogens with zero attached hydrogens (tertiary/aromatic N) is 1. The quantitative estimate of drug-likeness (QED) is 0.0375. The fourth-order valence-corrected chi connectivity index (χ4v) is 3.80. The highest BCUT2D eigenvalue weighted by atomic mass is 16.3. The number of rotatable bonds is 18. The Morgan fingerprint density at radius 1 is 0.756 bits per heavy atom. The third-order valence-electron chi connectivity index (χ3n) is 6.52. The van der Waals surface area contributed by atoms with Gasteiger partial charge in [0.15, 0.2) is 5.96 Å². The summed E-state index contributed by atoms with van der Waals surface area (Å²) in [7, 11) is 0. The zero-order valence-corrected chi connectivity index (χ0v) is 25.4. The highest BCUT2D eigenvalue weighted by Crippen LogP contribution is 2.13. The number of anilines is 2. The van der Waals surface area contributed by atoms with Crippen LogP contribution in [0.4, 0.5) is 11.4 Å². The van der Waals surface area contributed by atoms with E-state index < -0.39 is 54.4 Å². The number of amides is 4. The van der Waals surface area contributed by atoms with E-state index in [2.05, 4.69) is 37.1 Å². The van der Waals surface area contributed by atoms with E-state index in [9.17, 15) is 19.2 Å². The number of aliphatic hydroxyl groups is 2. The minimum Gasteiger partial charge on any atom is -0.394 e. The average Bonchev–Trinajstić information content (AvgIpc) is 3.03. The summed E-state index contributed by atoms with van der Waals surface area (Å²) >= 11 is 0. The van der Waals surface area contributed by atoms with Gasteiger partial charge in [0.2, 0.25) is 23.6 Å². The Hall–Kier alpha value is -4.93. The largest absolute Gasteiger partial charge is 0.394 e. The maximum atomic E-state index is 13.1. The average molecular weight is 629 g/mol. The van der Waals surface area contributed by atoms with Crippen molar-refractivity contribution in [1.82, 2.24) is 21.3 Å². The van der Waals surface area contributed by atoms with Crippen molar-refractivity contribution in [3.05, 3.63) is 59.7 Å². The first-order valence-corrected chi connectivity index (χ1v) is 14.3. The topological polar surface area (TPSA) is 271 Å². The molecule has 4 atom stereocenters. The van der Waals surface area contributed by atoms with Crippen molar-refractivity contribution in [3.8, 4) is 0 Å². The highest BCUT2D eigenvalue weighted by Gasteiger charge is 2.27.